The van der Waals surface area contributed by atoms with E-state index >= 15 is 4.39 Å². The number of hydrogen-bond acceptors (Lipinski definition) is 6. The van der Waals surface area contributed by atoms with Gasteiger partial charge in [0.05, 0.1) is 23.3 Å². The summed E-state index contributed by atoms with van der Waals surface area (Å²) in [5.74, 6) is 0.642. The van der Waals surface area contributed by atoms with Gasteiger partial charge in [-0.05, 0) is 60.3 Å². The maximum Gasteiger partial charge on any atom is 0.326 e. The van der Waals surface area contributed by atoms with Crippen LogP contribution < -0.4 is 20.7 Å². The molecule has 0 saturated heterocycles. The van der Waals surface area contributed by atoms with Crippen molar-refractivity contribution in [2.75, 3.05) is 17.2 Å². The minimum absolute atomic E-state index is 0.00842. The van der Waals surface area contributed by atoms with E-state index in [-0.39, 0.29) is 17.4 Å². The molecule has 42 heavy (non-hydrogen) atoms. The summed E-state index contributed by atoms with van der Waals surface area (Å²) in [4.78, 5) is 22.0. The van der Waals surface area contributed by atoms with Crippen LogP contribution in [0.25, 0.3) is 16.9 Å². The SMILES string of the molecule is CC(C)c1cn(-c2ccc3c(c2)CCNC3)c(NC(=O)Nc2ccc(Oc3ccnc(-c4cnn(C)c4)c3)cc2F)n1. The number of nitrogens with one attached hydrogen (secondary N) is 3. The molecule has 0 bridgehead atoms. The molecule has 214 valence electrons. The second-order valence-corrected chi connectivity index (χ2v) is 10.5. The zero-order valence-electron chi connectivity index (χ0n) is 23.6. The average Bonchev–Trinajstić information content (AvgIpc) is 3.61. The third-order valence-corrected chi connectivity index (χ3v) is 7.05. The Hall–Kier alpha value is -5.03. The van der Waals surface area contributed by atoms with Crippen LogP contribution in [0.1, 0.15) is 36.6 Å². The zero-order chi connectivity index (χ0) is 29.2. The topological polar surface area (TPSA) is 111 Å². The van der Waals surface area contributed by atoms with E-state index in [2.05, 4.69) is 43.1 Å². The van der Waals surface area contributed by atoms with Gasteiger partial charge in [-0.1, -0.05) is 19.9 Å². The van der Waals surface area contributed by atoms with Gasteiger partial charge in [0.1, 0.15) is 17.3 Å². The molecule has 4 heterocycles. The van der Waals surface area contributed by atoms with Crippen molar-refractivity contribution in [1.29, 1.82) is 0 Å². The van der Waals surface area contributed by atoms with Gasteiger partial charge in [0, 0.05) is 55.6 Å². The number of benzene rings is 2. The number of urea groups is 1. The van der Waals surface area contributed by atoms with Crippen LogP contribution in [0.15, 0.2) is 73.3 Å². The normalized spacial score (nSPS) is 12.7. The lowest BCUT2D eigenvalue weighted by molar-refractivity contribution is 0.262. The summed E-state index contributed by atoms with van der Waals surface area (Å²) in [6, 6.07) is 13.3. The minimum atomic E-state index is -0.640. The van der Waals surface area contributed by atoms with Crippen LogP contribution in [0.3, 0.4) is 0 Å². The fraction of sp³-hybridized carbons (Fsp3) is 0.226. The van der Waals surface area contributed by atoms with Gasteiger partial charge in [-0.3, -0.25) is 19.5 Å². The molecule has 3 aromatic heterocycles. The number of nitrogens with zero attached hydrogens (tertiary/aromatic N) is 5. The summed E-state index contributed by atoms with van der Waals surface area (Å²) in [6.07, 6.45) is 8.03. The van der Waals surface area contributed by atoms with E-state index in [9.17, 15) is 4.79 Å². The van der Waals surface area contributed by atoms with Crippen molar-refractivity contribution < 1.29 is 13.9 Å². The number of imidazole rings is 1. The van der Waals surface area contributed by atoms with Gasteiger partial charge in [-0.25, -0.2) is 14.2 Å². The van der Waals surface area contributed by atoms with Gasteiger partial charge >= 0.3 is 6.03 Å². The predicted octanol–water partition coefficient (Wildman–Crippen LogP) is 6.01. The lowest BCUT2D eigenvalue weighted by atomic mass is 10.0. The maximum absolute atomic E-state index is 15.0. The van der Waals surface area contributed by atoms with Crippen molar-refractivity contribution >= 4 is 17.7 Å². The van der Waals surface area contributed by atoms with Crippen LogP contribution in [-0.2, 0) is 20.0 Å². The third-order valence-electron chi connectivity index (χ3n) is 7.05. The molecule has 0 fully saturated rings. The van der Waals surface area contributed by atoms with Gasteiger partial charge in [0.2, 0.25) is 5.95 Å². The number of halogens is 1. The molecular formula is C31H31FN8O2. The van der Waals surface area contributed by atoms with Crippen LogP contribution in [-0.4, -0.2) is 36.9 Å². The lowest BCUT2D eigenvalue weighted by Crippen LogP contribution is -2.24. The number of carbonyl (C=O) groups excluding carboxylic acids is 1. The van der Waals surface area contributed by atoms with E-state index in [1.165, 1.54) is 23.3 Å². The van der Waals surface area contributed by atoms with E-state index < -0.39 is 11.8 Å². The van der Waals surface area contributed by atoms with Crippen LogP contribution >= 0.6 is 0 Å². The highest BCUT2D eigenvalue weighted by atomic mass is 19.1. The Morgan fingerprint density at radius 2 is 1.90 bits per heavy atom. The smallest absolute Gasteiger partial charge is 0.326 e. The first kappa shape index (κ1) is 27.2. The Morgan fingerprint density at radius 3 is 2.69 bits per heavy atom. The summed E-state index contributed by atoms with van der Waals surface area (Å²) in [5, 5.41) is 12.9. The second kappa shape index (κ2) is 11.5. The maximum atomic E-state index is 15.0. The molecule has 11 heteroatoms. The van der Waals surface area contributed by atoms with Crippen LogP contribution in [0, 0.1) is 5.82 Å². The number of anilines is 2. The number of rotatable bonds is 7. The average molecular weight is 567 g/mol. The zero-order valence-corrected chi connectivity index (χ0v) is 23.6. The highest BCUT2D eigenvalue weighted by Crippen LogP contribution is 2.29. The molecule has 0 saturated carbocycles. The monoisotopic (exact) mass is 566 g/mol. The lowest BCUT2D eigenvalue weighted by Gasteiger charge is -2.18. The van der Waals surface area contributed by atoms with Crippen molar-refractivity contribution in [2.24, 2.45) is 7.05 Å². The molecule has 2 aromatic carbocycles. The van der Waals surface area contributed by atoms with Gasteiger partial charge < -0.3 is 15.4 Å². The molecule has 3 N–H and O–H groups in total. The first-order valence-corrected chi connectivity index (χ1v) is 13.7. The Morgan fingerprint density at radius 1 is 1.05 bits per heavy atom. The molecule has 0 radical (unpaired) electrons. The Balaban J connectivity index is 1.16. The highest BCUT2D eigenvalue weighted by molar-refractivity contribution is 5.99. The van der Waals surface area contributed by atoms with E-state index in [1.807, 2.05) is 43.9 Å². The molecule has 2 amide bonds. The number of fused-ring (bicyclic) bond motifs is 1. The van der Waals surface area contributed by atoms with Crippen molar-refractivity contribution in [3.8, 4) is 28.4 Å². The molecule has 1 aliphatic rings. The molecule has 0 atom stereocenters. The summed E-state index contributed by atoms with van der Waals surface area (Å²) in [5.41, 5.74) is 5.80. The molecule has 5 aromatic rings. The van der Waals surface area contributed by atoms with Crippen molar-refractivity contribution in [3.63, 3.8) is 0 Å². The molecule has 0 aliphatic carbocycles. The summed E-state index contributed by atoms with van der Waals surface area (Å²) in [6.45, 7) is 5.85. The van der Waals surface area contributed by atoms with Crippen molar-refractivity contribution in [3.05, 3.63) is 96.0 Å². The van der Waals surface area contributed by atoms with Gasteiger partial charge in [-0.15, -0.1) is 0 Å². The largest absolute Gasteiger partial charge is 0.457 e. The van der Waals surface area contributed by atoms with Crippen molar-refractivity contribution in [1.82, 2.24) is 29.6 Å². The highest BCUT2D eigenvalue weighted by Gasteiger charge is 2.18. The van der Waals surface area contributed by atoms with Gasteiger partial charge in [0.25, 0.3) is 0 Å². The number of pyridine rings is 1. The fourth-order valence-electron chi connectivity index (χ4n) is 4.81. The number of ether oxygens (including phenoxy) is 1. The Kier molecular flexibility index (Phi) is 7.41. The first-order valence-electron chi connectivity index (χ1n) is 13.7. The number of hydrogen-bond donors (Lipinski definition) is 3. The molecule has 0 unspecified atom stereocenters. The first-order chi connectivity index (χ1) is 20.3. The Labute approximate surface area is 242 Å². The van der Waals surface area contributed by atoms with E-state index in [4.69, 9.17) is 4.74 Å². The molecule has 10 nitrogen and oxygen atoms in total. The van der Waals surface area contributed by atoms with Crippen LogP contribution in [0.5, 0.6) is 11.5 Å². The van der Waals surface area contributed by atoms with E-state index in [0.717, 1.165) is 36.5 Å². The van der Waals surface area contributed by atoms with Gasteiger partial charge in [-0.2, -0.15) is 5.10 Å². The second-order valence-electron chi connectivity index (χ2n) is 10.5. The van der Waals surface area contributed by atoms with E-state index in [1.54, 1.807) is 35.3 Å². The van der Waals surface area contributed by atoms with Crippen molar-refractivity contribution in [2.45, 2.75) is 32.7 Å². The summed E-state index contributed by atoms with van der Waals surface area (Å²) >= 11 is 0. The quantitative estimate of drug-likeness (QED) is 0.222. The molecule has 1 aliphatic heterocycles. The van der Waals surface area contributed by atoms with E-state index in [0.29, 0.717) is 17.4 Å². The molecular weight excluding hydrogens is 535 g/mol. The summed E-state index contributed by atoms with van der Waals surface area (Å²) < 4.78 is 24.4. The number of aryl methyl sites for hydroxylation is 1. The molecule has 0 spiro atoms. The standard InChI is InChI=1S/C31H31FN8O2/c1-19(2)29-18-40(23-5-4-21-15-33-10-8-20(21)12-23)30(36-29)38-31(41)37-27-7-6-24(13-26(27)32)42-25-9-11-34-28(14-25)22-16-35-39(3)17-22/h4-7,9,11-14,16-19,33H,8,10,15H2,1-3H3,(H2,36,37,38,41). The third kappa shape index (κ3) is 5.86. The minimum Gasteiger partial charge on any atom is -0.457 e. The summed E-state index contributed by atoms with van der Waals surface area (Å²) in [7, 11) is 1.83. The number of aromatic nitrogens is 5. The van der Waals surface area contributed by atoms with Crippen LogP contribution in [0.4, 0.5) is 20.8 Å². The van der Waals surface area contributed by atoms with Gasteiger partial charge in [0.15, 0.2) is 0 Å². The molecule has 6 rings (SSSR count). The predicted molar refractivity (Wildman–Crippen MR) is 159 cm³/mol. The fourth-order valence-corrected chi connectivity index (χ4v) is 4.81. The number of carbonyl (C=O) groups is 1. The van der Waals surface area contributed by atoms with Crippen LogP contribution in [0.2, 0.25) is 0 Å². The Bertz CT molecular complexity index is 1760. The number of amides is 2.